The van der Waals surface area contributed by atoms with Crippen molar-refractivity contribution in [2.24, 2.45) is 0 Å². The quantitative estimate of drug-likeness (QED) is 0.863. The summed E-state index contributed by atoms with van der Waals surface area (Å²) in [5.74, 6) is 0. The van der Waals surface area contributed by atoms with Gasteiger partial charge in [0.15, 0.2) is 0 Å². The van der Waals surface area contributed by atoms with Crippen molar-refractivity contribution in [1.29, 1.82) is 0 Å². The highest BCUT2D eigenvalue weighted by Crippen LogP contribution is 2.29. The predicted molar refractivity (Wildman–Crippen MR) is 82.8 cm³/mol. The first kappa shape index (κ1) is 14.0. The van der Waals surface area contributed by atoms with Gasteiger partial charge < -0.3 is 5.32 Å². The zero-order chi connectivity index (χ0) is 13.8. The van der Waals surface area contributed by atoms with Gasteiger partial charge in [0.1, 0.15) is 0 Å². The lowest BCUT2D eigenvalue weighted by atomic mass is 9.97. The molecule has 1 N–H and O–H groups in total. The number of pyridine rings is 1. The van der Waals surface area contributed by atoms with Crippen molar-refractivity contribution in [2.45, 2.75) is 63.6 Å². The molecule has 1 aromatic rings. The maximum Gasteiger partial charge on any atom is 0.0416 e. The van der Waals surface area contributed by atoms with E-state index in [9.17, 15) is 0 Å². The average Bonchev–Trinajstić information content (AvgIpc) is 2.83. The second kappa shape index (κ2) is 6.68. The lowest BCUT2D eigenvalue weighted by Gasteiger charge is -2.37. The van der Waals surface area contributed by atoms with E-state index in [2.05, 4.69) is 34.3 Å². The fourth-order valence-electron chi connectivity index (χ4n) is 3.89. The minimum atomic E-state index is 0.785. The molecule has 0 aliphatic carbocycles. The van der Waals surface area contributed by atoms with Crippen LogP contribution in [0.1, 0.15) is 44.7 Å². The van der Waals surface area contributed by atoms with Gasteiger partial charge in [0, 0.05) is 43.0 Å². The molecule has 0 aromatic carbocycles. The van der Waals surface area contributed by atoms with Crippen molar-refractivity contribution >= 4 is 0 Å². The molecule has 20 heavy (non-hydrogen) atoms. The summed E-state index contributed by atoms with van der Waals surface area (Å²) in [4.78, 5) is 7.18. The molecule has 110 valence electrons. The van der Waals surface area contributed by atoms with Gasteiger partial charge in [-0.2, -0.15) is 0 Å². The zero-order valence-electron chi connectivity index (χ0n) is 12.6. The summed E-state index contributed by atoms with van der Waals surface area (Å²) in [6, 6.07) is 8.60. The van der Waals surface area contributed by atoms with Crippen molar-refractivity contribution in [2.75, 3.05) is 13.1 Å². The maximum atomic E-state index is 4.46. The third kappa shape index (κ3) is 3.39. The zero-order valence-corrected chi connectivity index (χ0v) is 12.6. The van der Waals surface area contributed by atoms with Gasteiger partial charge in [0.05, 0.1) is 0 Å². The molecule has 0 amide bonds. The Balaban J connectivity index is 1.57. The van der Waals surface area contributed by atoms with Crippen molar-refractivity contribution in [1.82, 2.24) is 15.2 Å². The molecule has 0 spiro atoms. The van der Waals surface area contributed by atoms with Crippen molar-refractivity contribution in [3.05, 3.63) is 30.1 Å². The van der Waals surface area contributed by atoms with Crippen LogP contribution in [0, 0.1) is 0 Å². The van der Waals surface area contributed by atoms with E-state index in [0.717, 1.165) is 31.1 Å². The summed E-state index contributed by atoms with van der Waals surface area (Å²) in [5, 5.41) is 3.75. The molecule has 0 radical (unpaired) electrons. The Labute approximate surface area is 122 Å². The Kier molecular flexibility index (Phi) is 4.69. The Morgan fingerprint density at radius 3 is 2.65 bits per heavy atom. The Hall–Kier alpha value is -0.930. The van der Waals surface area contributed by atoms with Crippen LogP contribution in [-0.4, -0.2) is 41.1 Å². The number of hydrogen-bond acceptors (Lipinski definition) is 3. The molecule has 3 rings (SSSR count). The fourth-order valence-corrected chi connectivity index (χ4v) is 3.89. The number of nitrogens with one attached hydrogen (secondary N) is 1. The van der Waals surface area contributed by atoms with E-state index in [1.807, 2.05) is 12.3 Å². The average molecular weight is 273 g/mol. The minimum Gasteiger partial charge on any atom is -0.311 e. The molecule has 0 saturated carbocycles. The van der Waals surface area contributed by atoms with E-state index in [0.29, 0.717) is 0 Å². The highest BCUT2D eigenvalue weighted by molar-refractivity contribution is 5.04. The predicted octanol–water partition coefficient (Wildman–Crippen LogP) is 2.62. The van der Waals surface area contributed by atoms with Gasteiger partial charge in [0.25, 0.3) is 0 Å². The van der Waals surface area contributed by atoms with Crippen molar-refractivity contribution in [3.8, 4) is 0 Å². The molecule has 2 atom stereocenters. The SMILES string of the molecule is CCCN(CCc1ccccn1)C1CC2CCC(C1)N2. The first-order valence-electron chi connectivity index (χ1n) is 8.25. The number of piperidine rings is 1. The van der Waals surface area contributed by atoms with Crippen LogP contribution in [0.4, 0.5) is 0 Å². The Bertz CT molecular complexity index is 394. The van der Waals surface area contributed by atoms with Gasteiger partial charge in [-0.15, -0.1) is 0 Å². The van der Waals surface area contributed by atoms with E-state index in [4.69, 9.17) is 0 Å². The molecule has 3 nitrogen and oxygen atoms in total. The smallest absolute Gasteiger partial charge is 0.0416 e. The van der Waals surface area contributed by atoms with Gasteiger partial charge in [-0.25, -0.2) is 0 Å². The van der Waals surface area contributed by atoms with Crippen molar-refractivity contribution < 1.29 is 0 Å². The first-order valence-corrected chi connectivity index (χ1v) is 8.25. The third-order valence-corrected chi connectivity index (χ3v) is 4.86. The number of nitrogens with zero attached hydrogens (tertiary/aromatic N) is 2. The van der Waals surface area contributed by atoms with Crippen molar-refractivity contribution in [3.63, 3.8) is 0 Å². The number of aromatic nitrogens is 1. The fraction of sp³-hybridized carbons (Fsp3) is 0.706. The highest BCUT2D eigenvalue weighted by Gasteiger charge is 2.35. The highest BCUT2D eigenvalue weighted by atomic mass is 15.2. The van der Waals surface area contributed by atoms with Crippen LogP contribution in [0.15, 0.2) is 24.4 Å². The monoisotopic (exact) mass is 273 g/mol. The molecule has 2 aliphatic heterocycles. The number of rotatable bonds is 6. The summed E-state index contributed by atoms with van der Waals surface area (Å²) in [6.45, 7) is 4.69. The van der Waals surface area contributed by atoms with Crippen LogP contribution in [0.5, 0.6) is 0 Å². The van der Waals surface area contributed by atoms with Crippen LogP contribution in [0.2, 0.25) is 0 Å². The second-order valence-electron chi connectivity index (χ2n) is 6.37. The first-order chi connectivity index (χ1) is 9.85. The summed E-state index contributed by atoms with van der Waals surface area (Å²) < 4.78 is 0. The lowest BCUT2D eigenvalue weighted by molar-refractivity contribution is 0.142. The normalized spacial score (nSPS) is 29.0. The second-order valence-corrected chi connectivity index (χ2v) is 6.37. The van der Waals surface area contributed by atoms with Gasteiger partial charge in [-0.05, 0) is 50.8 Å². The number of hydrogen-bond donors (Lipinski definition) is 1. The molecular weight excluding hydrogens is 246 g/mol. The van der Waals surface area contributed by atoms with Crippen LogP contribution < -0.4 is 5.32 Å². The van der Waals surface area contributed by atoms with Gasteiger partial charge in [-0.3, -0.25) is 9.88 Å². The van der Waals surface area contributed by atoms with Gasteiger partial charge >= 0.3 is 0 Å². The largest absolute Gasteiger partial charge is 0.311 e. The van der Waals surface area contributed by atoms with E-state index in [1.54, 1.807) is 0 Å². The molecule has 3 heterocycles. The molecule has 2 unspecified atom stereocenters. The van der Waals surface area contributed by atoms with Crippen LogP contribution in [0.25, 0.3) is 0 Å². The Morgan fingerprint density at radius 1 is 1.20 bits per heavy atom. The topological polar surface area (TPSA) is 28.2 Å². The minimum absolute atomic E-state index is 0.785. The molecule has 2 aliphatic rings. The van der Waals surface area contributed by atoms with Crippen LogP contribution >= 0.6 is 0 Å². The molecular formula is C17H27N3. The summed E-state index contributed by atoms with van der Waals surface area (Å²) in [7, 11) is 0. The van der Waals surface area contributed by atoms with Gasteiger partial charge in [0.2, 0.25) is 0 Å². The maximum absolute atomic E-state index is 4.46. The van der Waals surface area contributed by atoms with E-state index in [1.165, 1.54) is 44.3 Å². The van der Waals surface area contributed by atoms with Crippen LogP contribution in [0.3, 0.4) is 0 Å². The van der Waals surface area contributed by atoms with E-state index < -0.39 is 0 Å². The summed E-state index contributed by atoms with van der Waals surface area (Å²) >= 11 is 0. The summed E-state index contributed by atoms with van der Waals surface area (Å²) in [6.07, 6.45) is 9.71. The standard InChI is InChI=1S/C17H27N3/c1-2-10-20(11-8-14-5-3-4-9-18-14)17-12-15-6-7-16(13-17)19-15/h3-5,9,15-17,19H,2,6-8,10-13H2,1H3. The lowest BCUT2D eigenvalue weighted by Crippen LogP contribution is -2.49. The molecule has 2 fully saturated rings. The van der Waals surface area contributed by atoms with Crippen LogP contribution in [-0.2, 0) is 6.42 Å². The molecule has 1 aromatic heterocycles. The molecule has 3 heteroatoms. The number of fused-ring (bicyclic) bond motifs is 2. The molecule has 2 bridgehead atoms. The molecule has 2 saturated heterocycles. The van der Waals surface area contributed by atoms with E-state index >= 15 is 0 Å². The van der Waals surface area contributed by atoms with E-state index in [-0.39, 0.29) is 0 Å². The van der Waals surface area contributed by atoms with Gasteiger partial charge in [-0.1, -0.05) is 13.0 Å². The third-order valence-electron chi connectivity index (χ3n) is 4.86. The summed E-state index contributed by atoms with van der Waals surface area (Å²) in [5.41, 5.74) is 1.23. The Morgan fingerprint density at radius 2 is 2.00 bits per heavy atom.